The van der Waals surface area contributed by atoms with E-state index in [2.05, 4.69) is 5.32 Å². The van der Waals surface area contributed by atoms with Gasteiger partial charge in [-0.15, -0.1) is 0 Å². The van der Waals surface area contributed by atoms with E-state index < -0.39 is 28.3 Å². The van der Waals surface area contributed by atoms with Crippen molar-refractivity contribution < 1.29 is 22.3 Å². The van der Waals surface area contributed by atoms with E-state index in [1.165, 1.54) is 24.3 Å². The van der Waals surface area contributed by atoms with Crippen LogP contribution in [0, 0.1) is 5.82 Å². The predicted molar refractivity (Wildman–Crippen MR) is 123 cm³/mol. The highest BCUT2D eigenvalue weighted by molar-refractivity contribution is 7.92. The largest absolute Gasteiger partial charge is 0.494 e. The van der Waals surface area contributed by atoms with E-state index >= 15 is 0 Å². The van der Waals surface area contributed by atoms with Crippen molar-refractivity contribution in [2.24, 2.45) is 0 Å². The third-order valence-corrected chi connectivity index (χ3v) is 6.58. The molecule has 0 aromatic heterocycles. The van der Waals surface area contributed by atoms with Crippen molar-refractivity contribution >= 4 is 27.3 Å². The molecule has 32 heavy (non-hydrogen) atoms. The molecule has 0 bridgehead atoms. The minimum atomic E-state index is -4.11. The summed E-state index contributed by atoms with van der Waals surface area (Å²) >= 11 is 0. The number of anilines is 2. The number of amides is 1. The van der Waals surface area contributed by atoms with E-state index in [4.69, 9.17) is 4.74 Å². The lowest BCUT2D eigenvalue weighted by Crippen LogP contribution is -2.38. The monoisotopic (exact) mass is 456 g/mol. The van der Waals surface area contributed by atoms with E-state index in [0.717, 1.165) is 22.0 Å². The summed E-state index contributed by atoms with van der Waals surface area (Å²) in [7, 11) is -4.11. The molecule has 6 nitrogen and oxygen atoms in total. The van der Waals surface area contributed by atoms with E-state index in [-0.39, 0.29) is 10.6 Å². The van der Waals surface area contributed by atoms with Crippen molar-refractivity contribution in [2.75, 3.05) is 22.8 Å². The van der Waals surface area contributed by atoms with E-state index in [0.29, 0.717) is 24.5 Å². The number of nitrogens with zero attached hydrogens (tertiary/aromatic N) is 1. The summed E-state index contributed by atoms with van der Waals surface area (Å²) in [5.74, 6) is -0.480. The fourth-order valence-corrected chi connectivity index (χ4v) is 4.62. The van der Waals surface area contributed by atoms with Gasteiger partial charge in [-0.1, -0.05) is 25.1 Å². The average molecular weight is 457 g/mol. The van der Waals surface area contributed by atoms with Crippen molar-refractivity contribution in [3.05, 3.63) is 84.2 Å². The van der Waals surface area contributed by atoms with Crippen molar-refractivity contribution in [1.29, 1.82) is 0 Å². The maximum Gasteiger partial charge on any atom is 0.264 e. The minimum Gasteiger partial charge on any atom is -0.494 e. The lowest BCUT2D eigenvalue weighted by atomic mass is 10.1. The first kappa shape index (κ1) is 23.3. The maximum atomic E-state index is 13.5. The van der Waals surface area contributed by atoms with Crippen LogP contribution in [-0.4, -0.2) is 27.5 Å². The van der Waals surface area contributed by atoms with Gasteiger partial charge in [0, 0.05) is 5.69 Å². The lowest BCUT2D eigenvalue weighted by Gasteiger charge is -2.24. The SMILES string of the molecule is CCOc1ccc(S(=O)(=O)N(CC(=O)Nc2ccccc2CC)c2ccc(F)cc2)cc1. The zero-order valence-electron chi connectivity index (χ0n) is 17.9. The number of sulfonamides is 1. The third kappa shape index (κ3) is 5.45. The molecular formula is C24H25FN2O4S. The van der Waals surface area contributed by atoms with Crippen LogP contribution >= 0.6 is 0 Å². The Morgan fingerprint density at radius 3 is 2.25 bits per heavy atom. The summed E-state index contributed by atoms with van der Waals surface area (Å²) in [6, 6.07) is 18.2. The van der Waals surface area contributed by atoms with E-state index in [9.17, 15) is 17.6 Å². The fourth-order valence-electron chi connectivity index (χ4n) is 3.19. The molecule has 0 saturated carbocycles. The van der Waals surface area contributed by atoms with Crippen molar-refractivity contribution in [3.8, 4) is 5.75 Å². The Hall–Kier alpha value is -3.39. The molecule has 3 rings (SSSR count). The topological polar surface area (TPSA) is 75.7 Å². The number of aryl methyl sites for hydroxylation is 1. The molecule has 3 aromatic rings. The predicted octanol–water partition coefficient (Wildman–Crippen LogP) is 4.62. The summed E-state index contributed by atoms with van der Waals surface area (Å²) in [6.45, 7) is 3.77. The zero-order chi connectivity index (χ0) is 23.1. The van der Waals surface area contributed by atoms with Gasteiger partial charge in [-0.05, 0) is 73.5 Å². The number of carbonyl (C=O) groups is 1. The van der Waals surface area contributed by atoms with Gasteiger partial charge in [0.15, 0.2) is 0 Å². The Kier molecular flexibility index (Phi) is 7.48. The van der Waals surface area contributed by atoms with Crippen LogP contribution in [0.3, 0.4) is 0 Å². The number of para-hydroxylation sites is 1. The molecule has 1 amide bonds. The number of benzene rings is 3. The number of nitrogens with one attached hydrogen (secondary N) is 1. The molecule has 0 heterocycles. The zero-order valence-corrected chi connectivity index (χ0v) is 18.7. The van der Waals surface area contributed by atoms with Crippen LogP contribution in [0.5, 0.6) is 5.75 Å². The smallest absolute Gasteiger partial charge is 0.264 e. The molecule has 8 heteroatoms. The van der Waals surface area contributed by atoms with Gasteiger partial charge in [-0.2, -0.15) is 0 Å². The lowest BCUT2D eigenvalue weighted by molar-refractivity contribution is -0.114. The Bertz CT molecular complexity index is 1160. The Morgan fingerprint density at radius 2 is 1.62 bits per heavy atom. The highest BCUT2D eigenvalue weighted by atomic mass is 32.2. The fraction of sp³-hybridized carbons (Fsp3) is 0.208. The molecule has 0 aliphatic carbocycles. The molecule has 0 atom stereocenters. The van der Waals surface area contributed by atoms with E-state index in [1.807, 2.05) is 26.0 Å². The second kappa shape index (κ2) is 10.3. The molecule has 3 aromatic carbocycles. The van der Waals surface area contributed by atoms with Crippen molar-refractivity contribution in [3.63, 3.8) is 0 Å². The number of hydrogen-bond donors (Lipinski definition) is 1. The van der Waals surface area contributed by atoms with Gasteiger partial charge in [-0.25, -0.2) is 12.8 Å². The van der Waals surface area contributed by atoms with Gasteiger partial charge in [0.25, 0.3) is 10.0 Å². The summed E-state index contributed by atoms with van der Waals surface area (Å²) in [6.07, 6.45) is 0.711. The van der Waals surface area contributed by atoms with Gasteiger partial charge in [0.1, 0.15) is 18.1 Å². The first-order valence-electron chi connectivity index (χ1n) is 10.2. The van der Waals surface area contributed by atoms with Gasteiger partial charge >= 0.3 is 0 Å². The standard InChI is InChI=1S/C24H25FN2O4S/c1-3-18-7-5-6-8-23(18)26-24(28)17-27(20-11-9-19(25)10-12-20)32(29,30)22-15-13-21(14-16-22)31-4-2/h5-16H,3-4,17H2,1-2H3,(H,26,28). The summed E-state index contributed by atoms with van der Waals surface area (Å²) in [5.41, 5.74) is 1.74. The summed E-state index contributed by atoms with van der Waals surface area (Å²) in [5, 5.41) is 2.78. The molecule has 1 N–H and O–H groups in total. The molecule has 0 aliphatic rings. The van der Waals surface area contributed by atoms with Gasteiger partial charge < -0.3 is 10.1 Å². The third-order valence-electron chi connectivity index (χ3n) is 4.80. The number of rotatable bonds is 9. The van der Waals surface area contributed by atoms with Crippen LogP contribution in [0.25, 0.3) is 0 Å². The average Bonchev–Trinajstić information content (AvgIpc) is 2.79. The van der Waals surface area contributed by atoms with Crippen LogP contribution in [0.1, 0.15) is 19.4 Å². The second-order valence-electron chi connectivity index (χ2n) is 6.95. The molecule has 0 fully saturated rings. The first-order valence-corrected chi connectivity index (χ1v) is 11.7. The maximum absolute atomic E-state index is 13.5. The van der Waals surface area contributed by atoms with Crippen molar-refractivity contribution in [2.45, 2.75) is 25.2 Å². The van der Waals surface area contributed by atoms with Crippen LogP contribution in [0.4, 0.5) is 15.8 Å². The molecule has 0 radical (unpaired) electrons. The summed E-state index contributed by atoms with van der Waals surface area (Å²) < 4.78 is 46.6. The molecule has 0 saturated heterocycles. The number of hydrogen-bond acceptors (Lipinski definition) is 4. The van der Waals surface area contributed by atoms with Crippen LogP contribution < -0.4 is 14.4 Å². The summed E-state index contributed by atoms with van der Waals surface area (Å²) in [4.78, 5) is 12.8. The second-order valence-corrected chi connectivity index (χ2v) is 8.81. The van der Waals surface area contributed by atoms with Gasteiger partial charge in [0.05, 0.1) is 17.2 Å². The normalized spacial score (nSPS) is 11.1. The Morgan fingerprint density at radius 1 is 0.969 bits per heavy atom. The number of halogens is 1. The quantitative estimate of drug-likeness (QED) is 0.510. The molecule has 168 valence electrons. The van der Waals surface area contributed by atoms with Crippen LogP contribution in [0.2, 0.25) is 0 Å². The van der Waals surface area contributed by atoms with E-state index in [1.54, 1.807) is 24.3 Å². The van der Waals surface area contributed by atoms with Crippen LogP contribution in [-0.2, 0) is 21.2 Å². The van der Waals surface area contributed by atoms with Gasteiger partial charge in [-0.3, -0.25) is 9.10 Å². The number of ether oxygens (including phenoxy) is 1. The molecule has 0 spiro atoms. The van der Waals surface area contributed by atoms with Crippen LogP contribution in [0.15, 0.2) is 77.7 Å². The molecular weight excluding hydrogens is 431 g/mol. The number of carbonyl (C=O) groups excluding carboxylic acids is 1. The van der Waals surface area contributed by atoms with Gasteiger partial charge in [0.2, 0.25) is 5.91 Å². The highest BCUT2D eigenvalue weighted by Gasteiger charge is 2.27. The molecule has 0 unspecified atom stereocenters. The van der Waals surface area contributed by atoms with Crippen molar-refractivity contribution in [1.82, 2.24) is 0 Å². The molecule has 0 aliphatic heterocycles. The Labute approximate surface area is 187 Å². The minimum absolute atomic E-state index is 0.00737. The first-order chi connectivity index (χ1) is 15.3. The highest BCUT2D eigenvalue weighted by Crippen LogP contribution is 2.26. The Balaban J connectivity index is 1.93.